The minimum atomic E-state index is -1.32. The molecule has 0 unspecified atom stereocenters. The number of carboxylic acids is 1. The Morgan fingerprint density at radius 1 is 0.933 bits per heavy atom. The molecule has 0 bridgehead atoms. The van der Waals surface area contributed by atoms with Crippen LogP contribution in [0.5, 0.6) is 0 Å². The van der Waals surface area contributed by atoms with Crippen molar-refractivity contribution in [3.05, 3.63) is 34.5 Å². The molecule has 338 valence electrons. The highest BCUT2D eigenvalue weighted by atomic mass is 32.1. The number of aliphatic carboxylic acids is 1. The van der Waals surface area contributed by atoms with Gasteiger partial charge in [-0.1, -0.05) is 67.5 Å². The number of carbonyl (C=O) groups is 3. The first-order valence-corrected chi connectivity index (χ1v) is 23.7. The standard InChI is InChI=1S/C47H73NO11S/c1-11-32(43(52)53)34-17-16-26(4)40(56-34)30(8)38(49)29(7)39(50)33(12-2)41-27(5)25-28(6)46(57-41)21-18-36(48-42(51)35-15-14-24-60-35)47(59-46)23-22-44(10,58-47)37-19-20-45(54,13-3)31(9)55-37/h14-15,18,21,24,26-34,36-38,40-41,49,54H,11-13,16-17,19-20,22-23,25H2,1-10H3,(H,48,51)(H,52,53)/t26-,27-,28+,29-,30-,31-,32+,33-,34+,36-,37+,38+,40+,41-,44-,45+,46-,47-/m0/s1. The van der Waals surface area contributed by atoms with Gasteiger partial charge >= 0.3 is 5.97 Å². The van der Waals surface area contributed by atoms with Crippen molar-refractivity contribution in [2.24, 2.45) is 41.4 Å². The fraction of sp³-hybridized carbons (Fsp3) is 0.809. The van der Waals surface area contributed by atoms with Crippen molar-refractivity contribution >= 4 is 29.0 Å². The largest absolute Gasteiger partial charge is 0.481 e. The molecule has 0 aromatic carbocycles. The molecule has 1 aromatic rings. The van der Waals surface area contributed by atoms with E-state index in [1.807, 2.05) is 65.1 Å². The minimum Gasteiger partial charge on any atom is -0.481 e. The number of hydrogen-bond acceptors (Lipinski definition) is 11. The summed E-state index contributed by atoms with van der Waals surface area (Å²) in [6, 6.07) is 2.97. The van der Waals surface area contributed by atoms with E-state index in [0.29, 0.717) is 62.7 Å². The molecule has 4 fully saturated rings. The summed E-state index contributed by atoms with van der Waals surface area (Å²) in [6.45, 7) is 19.7. The molecule has 4 N–H and O–H groups in total. The van der Waals surface area contributed by atoms with Crippen LogP contribution in [-0.4, -0.2) is 98.4 Å². The third-order valence-electron chi connectivity index (χ3n) is 15.5. The van der Waals surface area contributed by atoms with Gasteiger partial charge in [-0.05, 0) is 101 Å². The third-order valence-corrected chi connectivity index (χ3v) is 16.4. The molecule has 6 rings (SSSR count). The maximum Gasteiger partial charge on any atom is 0.309 e. The first kappa shape index (κ1) is 47.3. The van der Waals surface area contributed by atoms with Crippen LogP contribution < -0.4 is 5.32 Å². The lowest BCUT2D eigenvalue weighted by Crippen LogP contribution is -2.65. The number of ether oxygens (including phenoxy) is 5. The van der Waals surface area contributed by atoms with Crippen molar-refractivity contribution in [3.8, 4) is 0 Å². The summed E-state index contributed by atoms with van der Waals surface area (Å²) in [5, 5.41) is 38.0. The van der Waals surface area contributed by atoms with Crippen LogP contribution in [0.25, 0.3) is 0 Å². The van der Waals surface area contributed by atoms with Gasteiger partial charge in [0.15, 0.2) is 11.6 Å². The Hall–Kier alpha value is -2.23. The molecular formula is C47H73NO11S. The summed E-state index contributed by atoms with van der Waals surface area (Å²) in [6.07, 6.45) is 6.64. The lowest BCUT2D eigenvalue weighted by molar-refractivity contribution is -0.397. The summed E-state index contributed by atoms with van der Waals surface area (Å²) in [5.41, 5.74) is -1.70. The summed E-state index contributed by atoms with van der Waals surface area (Å²) < 4.78 is 34.5. The molecule has 6 heterocycles. The molecule has 0 saturated carbocycles. The van der Waals surface area contributed by atoms with Gasteiger partial charge in [0.2, 0.25) is 0 Å². The molecule has 0 aliphatic carbocycles. The van der Waals surface area contributed by atoms with Crippen LogP contribution in [0.15, 0.2) is 29.7 Å². The molecule has 1 amide bonds. The monoisotopic (exact) mass is 859 g/mol. The lowest BCUT2D eigenvalue weighted by atomic mass is 9.72. The Kier molecular flexibility index (Phi) is 14.5. The number of carbonyl (C=O) groups excluding carboxylic acids is 2. The molecule has 2 spiro atoms. The number of rotatable bonds is 14. The van der Waals surface area contributed by atoms with Crippen LogP contribution in [0.3, 0.4) is 0 Å². The van der Waals surface area contributed by atoms with Gasteiger partial charge in [-0.15, -0.1) is 11.3 Å². The van der Waals surface area contributed by atoms with Crippen LogP contribution in [0.4, 0.5) is 0 Å². The van der Waals surface area contributed by atoms with Crippen molar-refractivity contribution in [2.45, 2.75) is 199 Å². The number of hydrogen-bond donors (Lipinski definition) is 4. The predicted molar refractivity (Wildman–Crippen MR) is 228 cm³/mol. The summed E-state index contributed by atoms with van der Waals surface area (Å²) in [5.74, 6) is -6.17. The molecule has 0 radical (unpaired) electrons. The van der Waals surface area contributed by atoms with Crippen molar-refractivity contribution in [1.82, 2.24) is 5.32 Å². The molecule has 1 aromatic heterocycles. The predicted octanol–water partition coefficient (Wildman–Crippen LogP) is 7.69. The second kappa shape index (κ2) is 18.5. The summed E-state index contributed by atoms with van der Waals surface area (Å²) in [7, 11) is 0. The van der Waals surface area contributed by atoms with Crippen LogP contribution in [-0.2, 0) is 33.3 Å². The van der Waals surface area contributed by atoms with E-state index >= 15 is 0 Å². The van der Waals surface area contributed by atoms with E-state index < -0.39 is 76.8 Å². The van der Waals surface area contributed by atoms with E-state index in [-0.39, 0.29) is 47.8 Å². The highest BCUT2D eigenvalue weighted by Gasteiger charge is 2.63. The maximum absolute atomic E-state index is 14.7. The Labute approximate surface area is 361 Å². The van der Waals surface area contributed by atoms with Gasteiger partial charge in [0.1, 0.15) is 11.8 Å². The number of thiophene rings is 1. The average molecular weight is 860 g/mol. The Morgan fingerprint density at radius 2 is 1.65 bits per heavy atom. The van der Waals surface area contributed by atoms with Crippen molar-refractivity contribution in [3.63, 3.8) is 0 Å². The molecule has 5 aliphatic rings. The van der Waals surface area contributed by atoms with Gasteiger partial charge in [-0.3, -0.25) is 14.4 Å². The molecule has 60 heavy (non-hydrogen) atoms. The van der Waals surface area contributed by atoms with E-state index in [1.54, 1.807) is 13.0 Å². The second-order valence-corrected chi connectivity index (χ2v) is 20.3. The summed E-state index contributed by atoms with van der Waals surface area (Å²) in [4.78, 5) is 40.9. The van der Waals surface area contributed by atoms with Crippen LogP contribution >= 0.6 is 11.3 Å². The van der Waals surface area contributed by atoms with E-state index in [2.05, 4.69) is 26.1 Å². The fourth-order valence-electron chi connectivity index (χ4n) is 11.3. The van der Waals surface area contributed by atoms with Crippen LogP contribution in [0.2, 0.25) is 0 Å². The lowest BCUT2D eigenvalue weighted by Gasteiger charge is -2.55. The number of ketones is 1. The first-order chi connectivity index (χ1) is 28.3. The molecule has 12 nitrogen and oxygen atoms in total. The number of amides is 1. The Bertz CT molecular complexity index is 1690. The quantitative estimate of drug-likeness (QED) is 0.135. The van der Waals surface area contributed by atoms with Crippen molar-refractivity contribution < 1.29 is 53.4 Å². The smallest absolute Gasteiger partial charge is 0.309 e. The van der Waals surface area contributed by atoms with Crippen molar-refractivity contribution in [2.75, 3.05) is 0 Å². The van der Waals surface area contributed by atoms with E-state index in [9.17, 15) is 29.7 Å². The van der Waals surface area contributed by atoms with Crippen LogP contribution in [0.1, 0.15) is 143 Å². The third kappa shape index (κ3) is 8.94. The average Bonchev–Trinajstić information content (AvgIpc) is 3.88. The van der Waals surface area contributed by atoms with Gasteiger partial charge in [0.05, 0.1) is 58.6 Å². The zero-order valence-electron chi connectivity index (χ0n) is 37.6. The molecule has 18 atom stereocenters. The SMILES string of the molecule is CC[C@@H](C(=O)[C@@H](C)[C@@H](O)[C@H](C)[C@@H]1O[C@@H]([C@@H](CC)C(=O)O)CC[C@@H]1C)[C@H]1O[C@]2(C=C[C@H](NC(=O)c3cccs3)[C@]3(CC[C@@](C)([C@H]4CC[C@](O)(CC)[C@H](C)O4)O3)O2)[C@H](C)C[C@@H]1C. The van der Waals surface area contributed by atoms with E-state index in [0.717, 1.165) is 6.42 Å². The second-order valence-electron chi connectivity index (χ2n) is 19.4. The number of carboxylic acid groups (broad SMARTS) is 1. The molecule has 4 saturated heterocycles. The molecule has 13 heteroatoms. The van der Waals surface area contributed by atoms with Gasteiger partial charge in [0, 0.05) is 30.1 Å². The topological polar surface area (TPSA) is 170 Å². The zero-order valence-corrected chi connectivity index (χ0v) is 38.4. The Morgan fingerprint density at radius 3 is 2.27 bits per heavy atom. The normalized spacial score (nSPS) is 42.0. The number of aliphatic hydroxyl groups is 2. The number of nitrogens with one attached hydrogen (secondary N) is 1. The fourth-order valence-corrected chi connectivity index (χ4v) is 11.9. The molecule has 5 aliphatic heterocycles. The maximum atomic E-state index is 14.7. The number of aliphatic hydroxyl groups excluding tert-OH is 1. The number of Topliss-reactive ketones (excluding diaryl/α,β-unsaturated/α-hetero) is 1. The Balaban J connectivity index is 1.24. The van der Waals surface area contributed by atoms with E-state index in [1.165, 1.54) is 11.3 Å². The summed E-state index contributed by atoms with van der Waals surface area (Å²) >= 11 is 1.36. The zero-order chi connectivity index (χ0) is 43.9. The van der Waals surface area contributed by atoms with Gasteiger partial charge in [-0.2, -0.15) is 0 Å². The highest BCUT2D eigenvalue weighted by Crippen LogP contribution is 2.54. The van der Waals surface area contributed by atoms with Gasteiger partial charge in [-0.25, -0.2) is 0 Å². The van der Waals surface area contributed by atoms with E-state index in [4.69, 9.17) is 23.7 Å². The molecular weight excluding hydrogens is 787 g/mol. The minimum absolute atomic E-state index is 0.0147. The van der Waals surface area contributed by atoms with Crippen molar-refractivity contribution in [1.29, 1.82) is 0 Å². The van der Waals surface area contributed by atoms with Gasteiger partial charge < -0.3 is 44.3 Å². The highest BCUT2D eigenvalue weighted by molar-refractivity contribution is 7.12. The van der Waals surface area contributed by atoms with Gasteiger partial charge in [0.25, 0.3) is 5.91 Å². The first-order valence-electron chi connectivity index (χ1n) is 22.9. The van der Waals surface area contributed by atoms with Crippen LogP contribution in [0, 0.1) is 41.4 Å².